The van der Waals surface area contributed by atoms with Crippen molar-refractivity contribution in [3.05, 3.63) is 59.9 Å². The molecule has 0 radical (unpaired) electrons. The van der Waals surface area contributed by atoms with Crippen molar-refractivity contribution in [1.82, 2.24) is 9.47 Å². The van der Waals surface area contributed by atoms with Gasteiger partial charge in [0, 0.05) is 6.20 Å². The summed E-state index contributed by atoms with van der Waals surface area (Å²) >= 11 is 1.79. The van der Waals surface area contributed by atoms with Crippen LogP contribution in [0.25, 0.3) is 0 Å². The molecule has 1 unspecified atom stereocenters. The van der Waals surface area contributed by atoms with Gasteiger partial charge in [0.25, 0.3) is 0 Å². The van der Waals surface area contributed by atoms with E-state index in [9.17, 15) is 4.79 Å². The third-order valence-electron chi connectivity index (χ3n) is 4.94. The number of thioether (sulfide) groups is 1. The third kappa shape index (κ3) is 2.66. The van der Waals surface area contributed by atoms with E-state index >= 15 is 0 Å². The summed E-state index contributed by atoms with van der Waals surface area (Å²) in [6, 6.07) is 14.5. The first-order valence-electron chi connectivity index (χ1n) is 8.43. The minimum Gasteiger partial charge on any atom is -0.350 e. The van der Waals surface area contributed by atoms with Crippen LogP contribution in [0, 0.1) is 0 Å². The molecule has 1 amide bonds. The van der Waals surface area contributed by atoms with Gasteiger partial charge in [-0.25, -0.2) is 0 Å². The minimum absolute atomic E-state index is 0.0985. The van der Waals surface area contributed by atoms with Gasteiger partial charge in [-0.1, -0.05) is 30.3 Å². The maximum Gasteiger partial charge on any atom is 0.248 e. The number of aromatic nitrogens is 1. The molecule has 4 rings (SSSR count). The quantitative estimate of drug-likeness (QED) is 0.836. The highest BCUT2D eigenvalue weighted by atomic mass is 32.2. The predicted octanol–water partition coefficient (Wildman–Crippen LogP) is 3.26. The molecule has 5 heteroatoms. The van der Waals surface area contributed by atoms with Crippen LogP contribution in [-0.4, -0.2) is 40.0 Å². The molecule has 2 aliphatic rings. The minimum atomic E-state index is -0.230. The van der Waals surface area contributed by atoms with Gasteiger partial charge in [-0.15, -0.1) is 0 Å². The molecule has 24 heavy (non-hydrogen) atoms. The first-order chi connectivity index (χ1) is 11.8. The van der Waals surface area contributed by atoms with Gasteiger partial charge in [0.2, 0.25) is 5.91 Å². The van der Waals surface area contributed by atoms with Crippen LogP contribution < -0.4 is 0 Å². The molecule has 0 spiro atoms. The normalized spacial score (nSPS) is 25.6. The Kier molecular flexibility index (Phi) is 4.37. The molecule has 0 N–H and O–H groups in total. The summed E-state index contributed by atoms with van der Waals surface area (Å²) in [5.74, 6) is 1.19. The lowest BCUT2D eigenvalue weighted by atomic mass is 10.0. The maximum absolute atomic E-state index is 13.2. The summed E-state index contributed by atoms with van der Waals surface area (Å²) in [6.07, 6.45) is 5.58. The van der Waals surface area contributed by atoms with E-state index in [4.69, 9.17) is 4.74 Å². The van der Waals surface area contributed by atoms with E-state index < -0.39 is 0 Å². The second-order valence-corrected chi connectivity index (χ2v) is 7.40. The van der Waals surface area contributed by atoms with Crippen LogP contribution in [0.2, 0.25) is 0 Å². The molecule has 0 bridgehead atoms. The number of nitrogens with zero attached hydrogens (tertiary/aromatic N) is 2. The number of amides is 1. The zero-order chi connectivity index (χ0) is 16.5. The fraction of sp³-hybridized carbons (Fsp3) is 0.421. The van der Waals surface area contributed by atoms with E-state index in [1.54, 1.807) is 11.8 Å². The Hall–Kier alpha value is -1.72. The lowest BCUT2D eigenvalue weighted by molar-refractivity contribution is -0.145. The van der Waals surface area contributed by atoms with Gasteiger partial charge in [-0.05, 0) is 42.5 Å². The first-order valence-corrected chi connectivity index (χ1v) is 9.82. The Balaban J connectivity index is 1.62. The summed E-state index contributed by atoms with van der Waals surface area (Å²) in [7, 11) is 0. The van der Waals surface area contributed by atoms with Crippen LogP contribution in [0.15, 0.2) is 48.7 Å². The van der Waals surface area contributed by atoms with Crippen LogP contribution in [0.1, 0.15) is 29.9 Å². The molecule has 2 aliphatic heterocycles. The fourth-order valence-corrected chi connectivity index (χ4v) is 4.26. The van der Waals surface area contributed by atoms with Crippen LogP contribution >= 0.6 is 11.8 Å². The Bertz CT molecular complexity index is 715. The van der Waals surface area contributed by atoms with Gasteiger partial charge < -0.3 is 14.2 Å². The molecule has 0 saturated carbocycles. The highest BCUT2D eigenvalue weighted by molar-refractivity contribution is 7.98. The molecule has 2 aromatic rings. The van der Waals surface area contributed by atoms with E-state index in [1.165, 1.54) is 5.56 Å². The van der Waals surface area contributed by atoms with E-state index in [1.807, 2.05) is 35.4 Å². The smallest absolute Gasteiger partial charge is 0.248 e. The Morgan fingerprint density at radius 1 is 1.21 bits per heavy atom. The lowest BCUT2D eigenvalue weighted by Crippen LogP contribution is -2.47. The van der Waals surface area contributed by atoms with Gasteiger partial charge in [-0.2, -0.15) is 11.8 Å². The van der Waals surface area contributed by atoms with Gasteiger partial charge in [-0.3, -0.25) is 4.79 Å². The molecule has 3 atom stereocenters. The standard InChI is InChI=1S/C19H22N2O2S/c1-24-11-9-16-18(22)21-15(12-14-6-3-2-4-7-14)13-23-19(21)17-8-5-10-20(16)17/h2-8,10,15-16,19H,9,11-13H2,1H3/t15-,16-,19?/m0/s1. The van der Waals surface area contributed by atoms with Gasteiger partial charge >= 0.3 is 0 Å². The SMILES string of the molecule is CSCC[C@H]1C(=O)N2C(OC[C@@H]2Cc2ccccc2)c2cccn21. The molecule has 1 aromatic carbocycles. The summed E-state index contributed by atoms with van der Waals surface area (Å²) in [4.78, 5) is 15.2. The predicted molar refractivity (Wildman–Crippen MR) is 95.9 cm³/mol. The number of hydrogen-bond donors (Lipinski definition) is 0. The second-order valence-electron chi connectivity index (χ2n) is 6.41. The number of carbonyl (C=O) groups is 1. The number of fused-ring (bicyclic) bond motifs is 3. The Morgan fingerprint density at radius 3 is 2.83 bits per heavy atom. The highest BCUT2D eigenvalue weighted by Crippen LogP contribution is 2.40. The molecular formula is C19H22N2O2S. The van der Waals surface area contributed by atoms with Gasteiger partial charge in [0.05, 0.1) is 18.3 Å². The molecule has 3 heterocycles. The monoisotopic (exact) mass is 342 g/mol. The number of benzene rings is 1. The maximum atomic E-state index is 13.2. The summed E-state index contributed by atoms with van der Waals surface area (Å²) in [5, 5.41) is 0. The second kappa shape index (κ2) is 6.65. The topological polar surface area (TPSA) is 34.5 Å². The van der Waals surface area contributed by atoms with Crippen molar-refractivity contribution < 1.29 is 9.53 Å². The van der Waals surface area contributed by atoms with Gasteiger partial charge in [0.1, 0.15) is 6.04 Å². The van der Waals surface area contributed by atoms with Crippen molar-refractivity contribution in [3.8, 4) is 0 Å². The number of ether oxygens (including phenoxy) is 1. The first kappa shape index (κ1) is 15.8. The van der Waals surface area contributed by atoms with Crippen molar-refractivity contribution >= 4 is 17.7 Å². The van der Waals surface area contributed by atoms with Crippen LogP contribution in [0.5, 0.6) is 0 Å². The number of carbonyl (C=O) groups excluding carboxylic acids is 1. The molecule has 1 aromatic heterocycles. The van der Waals surface area contributed by atoms with Crippen LogP contribution in [0.3, 0.4) is 0 Å². The van der Waals surface area contributed by atoms with Crippen molar-refractivity contribution in [2.45, 2.75) is 31.2 Å². The van der Waals surface area contributed by atoms with Crippen molar-refractivity contribution in [3.63, 3.8) is 0 Å². The van der Waals surface area contributed by atoms with E-state index in [0.717, 1.165) is 24.3 Å². The molecular weight excluding hydrogens is 320 g/mol. The molecule has 126 valence electrons. The van der Waals surface area contributed by atoms with E-state index in [0.29, 0.717) is 6.61 Å². The van der Waals surface area contributed by atoms with E-state index in [-0.39, 0.29) is 24.2 Å². The van der Waals surface area contributed by atoms with Gasteiger partial charge in [0.15, 0.2) is 6.23 Å². The Labute approximate surface area is 146 Å². The molecule has 1 saturated heterocycles. The van der Waals surface area contributed by atoms with Crippen LogP contribution in [-0.2, 0) is 16.0 Å². The number of rotatable bonds is 5. The number of hydrogen-bond acceptors (Lipinski definition) is 3. The van der Waals surface area contributed by atoms with Crippen molar-refractivity contribution in [1.29, 1.82) is 0 Å². The highest BCUT2D eigenvalue weighted by Gasteiger charge is 2.46. The van der Waals surface area contributed by atoms with E-state index in [2.05, 4.69) is 29.0 Å². The average Bonchev–Trinajstić information content (AvgIpc) is 3.23. The van der Waals surface area contributed by atoms with Crippen LogP contribution in [0.4, 0.5) is 0 Å². The fourth-order valence-electron chi connectivity index (χ4n) is 3.80. The Morgan fingerprint density at radius 2 is 2.04 bits per heavy atom. The summed E-state index contributed by atoms with van der Waals surface area (Å²) in [5.41, 5.74) is 2.36. The average molecular weight is 342 g/mol. The summed E-state index contributed by atoms with van der Waals surface area (Å²) in [6.45, 7) is 0.603. The zero-order valence-electron chi connectivity index (χ0n) is 13.8. The third-order valence-corrected chi connectivity index (χ3v) is 5.59. The van der Waals surface area contributed by atoms with Crippen molar-refractivity contribution in [2.75, 3.05) is 18.6 Å². The molecule has 4 nitrogen and oxygen atoms in total. The molecule has 0 aliphatic carbocycles. The summed E-state index contributed by atoms with van der Waals surface area (Å²) < 4.78 is 8.14. The molecule has 1 fully saturated rings. The van der Waals surface area contributed by atoms with Crippen molar-refractivity contribution in [2.24, 2.45) is 0 Å². The zero-order valence-corrected chi connectivity index (χ0v) is 14.6. The lowest BCUT2D eigenvalue weighted by Gasteiger charge is -2.38. The largest absolute Gasteiger partial charge is 0.350 e.